The highest BCUT2D eigenvalue weighted by atomic mass is 16.5. The molecule has 0 radical (unpaired) electrons. The smallest absolute Gasteiger partial charge is 0.271 e. The fourth-order valence-electron chi connectivity index (χ4n) is 7.30. The van der Waals surface area contributed by atoms with Gasteiger partial charge in [-0.1, -0.05) is 6.07 Å². The highest BCUT2D eigenvalue weighted by Gasteiger charge is 2.60. The van der Waals surface area contributed by atoms with E-state index < -0.39 is 24.5 Å². The number of aromatic amines is 1. The number of benzene rings is 1. The number of aliphatic hydroxyl groups excluding tert-OH is 1. The normalized spacial score (nSPS) is 27.4. The molecule has 1 aromatic heterocycles. The molecular formula is C29H36N4O6. The number of aromatic nitrogens is 1. The van der Waals surface area contributed by atoms with Gasteiger partial charge in [0, 0.05) is 29.9 Å². The van der Waals surface area contributed by atoms with Crippen LogP contribution in [0.1, 0.15) is 55.4 Å². The van der Waals surface area contributed by atoms with E-state index in [-0.39, 0.29) is 41.9 Å². The lowest BCUT2D eigenvalue weighted by molar-refractivity contribution is -0.132. The Hall–Kier alpha value is -3.40. The average Bonchev–Trinajstić information content (AvgIpc) is 3.27. The summed E-state index contributed by atoms with van der Waals surface area (Å²) in [5.74, 6) is -0.406. The predicted octanol–water partition coefficient (Wildman–Crippen LogP) is 1.77. The number of amides is 3. The number of rotatable bonds is 9. The van der Waals surface area contributed by atoms with Crippen molar-refractivity contribution in [2.24, 2.45) is 23.2 Å². The van der Waals surface area contributed by atoms with Crippen LogP contribution >= 0.6 is 0 Å². The van der Waals surface area contributed by atoms with Crippen LogP contribution in [0.15, 0.2) is 24.3 Å². The molecule has 10 nitrogen and oxygen atoms in total. The third-order valence-electron chi connectivity index (χ3n) is 9.53. The number of H-pyrrole nitrogens is 1. The van der Waals surface area contributed by atoms with Gasteiger partial charge < -0.3 is 30.4 Å². The second kappa shape index (κ2) is 9.97. The van der Waals surface area contributed by atoms with Crippen molar-refractivity contribution in [3.8, 4) is 5.75 Å². The van der Waals surface area contributed by atoms with Gasteiger partial charge in [-0.15, -0.1) is 0 Å². The van der Waals surface area contributed by atoms with Gasteiger partial charge in [0.2, 0.25) is 11.8 Å². The number of ketones is 1. The van der Waals surface area contributed by atoms with Crippen molar-refractivity contribution in [2.75, 3.05) is 26.8 Å². The zero-order valence-corrected chi connectivity index (χ0v) is 22.2. The summed E-state index contributed by atoms with van der Waals surface area (Å²) in [5.41, 5.74) is 1.47. The van der Waals surface area contributed by atoms with Crippen LogP contribution in [0.4, 0.5) is 0 Å². The Labute approximate surface area is 226 Å². The van der Waals surface area contributed by atoms with Crippen LogP contribution < -0.4 is 15.4 Å². The summed E-state index contributed by atoms with van der Waals surface area (Å²) in [7, 11) is 1.59. The molecule has 1 aromatic carbocycles. The maximum absolute atomic E-state index is 13.9. The summed E-state index contributed by atoms with van der Waals surface area (Å²) in [6.45, 7) is 0.413. The highest BCUT2D eigenvalue weighted by molar-refractivity contribution is 6.02. The summed E-state index contributed by atoms with van der Waals surface area (Å²) in [5, 5.41) is 16.1. The number of hydrogen-bond acceptors (Lipinski definition) is 6. The lowest BCUT2D eigenvalue weighted by Gasteiger charge is -2.29. The molecule has 2 aliphatic carbocycles. The summed E-state index contributed by atoms with van der Waals surface area (Å²) >= 11 is 0. The molecule has 4 N–H and O–H groups in total. The minimum atomic E-state index is -0.902. The van der Waals surface area contributed by atoms with Gasteiger partial charge in [0.1, 0.15) is 24.1 Å². The van der Waals surface area contributed by atoms with Crippen molar-refractivity contribution in [3.05, 3.63) is 30.0 Å². The van der Waals surface area contributed by atoms with Crippen molar-refractivity contribution in [2.45, 2.75) is 57.0 Å². The van der Waals surface area contributed by atoms with E-state index >= 15 is 0 Å². The summed E-state index contributed by atoms with van der Waals surface area (Å²) < 4.78 is 5.45. The highest BCUT2D eigenvalue weighted by Crippen LogP contribution is 2.64. The Balaban J connectivity index is 1.24. The maximum atomic E-state index is 13.9. The number of methoxy groups -OCH3 is 1. The first kappa shape index (κ1) is 25.9. The van der Waals surface area contributed by atoms with E-state index in [1.54, 1.807) is 18.1 Å². The minimum Gasteiger partial charge on any atom is -0.496 e. The Morgan fingerprint density at radius 2 is 2.08 bits per heavy atom. The number of nitrogens with one attached hydrogen (secondary N) is 3. The Kier molecular flexibility index (Phi) is 6.61. The van der Waals surface area contributed by atoms with Gasteiger partial charge in [0.05, 0.1) is 13.2 Å². The van der Waals surface area contributed by atoms with Gasteiger partial charge >= 0.3 is 0 Å². The number of ether oxygens (including phenoxy) is 1. The van der Waals surface area contributed by atoms with Crippen LogP contribution in [0.3, 0.4) is 0 Å². The molecule has 208 valence electrons. The molecule has 2 saturated heterocycles. The van der Waals surface area contributed by atoms with Crippen molar-refractivity contribution in [1.29, 1.82) is 0 Å². The summed E-state index contributed by atoms with van der Waals surface area (Å²) in [4.78, 5) is 57.3. The first-order chi connectivity index (χ1) is 18.8. The van der Waals surface area contributed by atoms with Crippen LogP contribution in [0.5, 0.6) is 5.75 Å². The van der Waals surface area contributed by atoms with Crippen molar-refractivity contribution in [1.82, 2.24) is 20.5 Å². The van der Waals surface area contributed by atoms with E-state index in [2.05, 4.69) is 15.6 Å². The molecule has 2 aromatic rings. The standard InChI is InChI=1S/C29H36N4O6/c1-39-24-4-2-3-20-18(24)11-22(31-20)28(38)33-14-17-12-29(8-9-29)13-19(17)25(33)27(37)32-21(23(35)15-34)6-5-16-7-10-30-26(16)36/h2-4,11,16-17,19,21,25,31,34H,5-10,12-15H2,1H3,(H,30,36)(H,32,37)/t16-,17+,19+,21+,25+/m1/s1. The number of nitrogens with zero attached hydrogens (tertiary/aromatic N) is 1. The topological polar surface area (TPSA) is 141 Å². The summed E-state index contributed by atoms with van der Waals surface area (Å²) in [6.07, 6.45) is 5.66. The van der Waals surface area contributed by atoms with Crippen LogP contribution in [0.25, 0.3) is 10.9 Å². The molecule has 5 atom stereocenters. The third kappa shape index (κ3) is 4.68. The van der Waals surface area contributed by atoms with Gasteiger partial charge in [-0.05, 0) is 80.4 Å². The molecule has 2 saturated carbocycles. The first-order valence-corrected chi connectivity index (χ1v) is 14.0. The molecule has 3 amide bonds. The predicted molar refractivity (Wildman–Crippen MR) is 142 cm³/mol. The Morgan fingerprint density at radius 1 is 1.26 bits per heavy atom. The number of hydrogen-bond donors (Lipinski definition) is 4. The SMILES string of the molecule is COc1cccc2[nH]c(C(=O)N3C[C@@H]4CC5(CC5)C[C@@H]4[C@H]3C(=O)N[C@@H](CC[C@@H]3CCNC3=O)C(=O)CO)cc12. The number of Topliss-reactive ketones (excluding diaryl/α,β-unsaturated/α-hetero) is 1. The third-order valence-corrected chi connectivity index (χ3v) is 9.53. The zero-order chi connectivity index (χ0) is 27.3. The molecular weight excluding hydrogens is 500 g/mol. The quantitative estimate of drug-likeness (QED) is 0.385. The number of carbonyl (C=O) groups is 4. The zero-order valence-electron chi connectivity index (χ0n) is 22.2. The molecule has 2 aliphatic heterocycles. The number of carbonyl (C=O) groups excluding carboxylic acids is 4. The molecule has 10 heteroatoms. The van der Waals surface area contributed by atoms with Crippen LogP contribution in [0, 0.1) is 23.2 Å². The number of likely N-dealkylation sites (tertiary alicyclic amines) is 1. The van der Waals surface area contributed by atoms with E-state index in [1.807, 2.05) is 18.2 Å². The van der Waals surface area contributed by atoms with Crippen molar-refractivity contribution >= 4 is 34.4 Å². The largest absolute Gasteiger partial charge is 0.496 e. The number of aliphatic hydroxyl groups is 1. The van der Waals surface area contributed by atoms with Gasteiger partial charge in [-0.25, -0.2) is 0 Å². The molecule has 4 aliphatic rings. The molecule has 39 heavy (non-hydrogen) atoms. The van der Waals surface area contributed by atoms with Crippen molar-refractivity contribution in [3.63, 3.8) is 0 Å². The lowest BCUT2D eigenvalue weighted by atomic mass is 9.92. The second-order valence-electron chi connectivity index (χ2n) is 11.9. The lowest BCUT2D eigenvalue weighted by Crippen LogP contribution is -2.53. The van der Waals surface area contributed by atoms with Gasteiger partial charge in [-0.2, -0.15) is 0 Å². The van der Waals surface area contributed by atoms with E-state index in [0.29, 0.717) is 42.8 Å². The molecule has 1 spiro atoms. The monoisotopic (exact) mass is 536 g/mol. The van der Waals surface area contributed by atoms with E-state index in [9.17, 15) is 24.3 Å². The molecule has 4 fully saturated rings. The average molecular weight is 537 g/mol. The van der Waals surface area contributed by atoms with Crippen LogP contribution in [0.2, 0.25) is 0 Å². The van der Waals surface area contributed by atoms with Crippen molar-refractivity contribution < 1.29 is 29.0 Å². The van der Waals surface area contributed by atoms with Gasteiger partial charge in [0.25, 0.3) is 5.91 Å². The number of fused-ring (bicyclic) bond motifs is 2. The Bertz CT molecular complexity index is 1320. The van der Waals surface area contributed by atoms with E-state index in [4.69, 9.17) is 4.74 Å². The fraction of sp³-hybridized carbons (Fsp3) is 0.586. The summed E-state index contributed by atoms with van der Waals surface area (Å²) in [6, 6.07) is 5.74. The minimum absolute atomic E-state index is 0.0286. The first-order valence-electron chi connectivity index (χ1n) is 14.0. The Morgan fingerprint density at radius 3 is 2.77 bits per heavy atom. The van der Waals surface area contributed by atoms with Gasteiger partial charge in [-0.3, -0.25) is 19.2 Å². The fourth-order valence-corrected chi connectivity index (χ4v) is 7.30. The molecule has 0 unspecified atom stereocenters. The van der Waals surface area contributed by atoms with Gasteiger partial charge in [0.15, 0.2) is 5.78 Å². The van der Waals surface area contributed by atoms with Crippen LogP contribution in [-0.4, -0.2) is 77.4 Å². The molecule has 0 bridgehead atoms. The van der Waals surface area contributed by atoms with Crippen LogP contribution in [-0.2, 0) is 14.4 Å². The van der Waals surface area contributed by atoms with E-state index in [1.165, 1.54) is 12.8 Å². The van der Waals surface area contributed by atoms with E-state index in [0.717, 1.165) is 23.7 Å². The molecule has 3 heterocycles. The molecule has 6 rings (SSSR count). The second-order valence-corrected chi connectivity index (χ2v) is 11.9. The maximum Gasteiger partial charge on any atom is 0.271 e.